The largest absolute Gasteiger partial charge is 0.483 e. The van der Waals surface area contributed by atoms with Crippen LogP contribution in [0.1, 0.15) is 5.56 Å². The summed E-state index contributed by atoms with van der Waals surface area (Å²) >= 11 is 0. The van der Waals surface area contributed by atoms with Crippen molar-refractivity contribution in [2.75, 3.05) is 11.9 Å². The van der Waals surface area contributed by atoms with Gasteiger partial charge < -0.3 is 10.1 Å². The van der Waals surface area contributed by atoms with Crippen molar-refractivity contribution in [1.82, 2.24) is 0 Å². The summed E-state index contributed by atoms with van der Waals surface area (Å²) in [5.41, 5.74) is 1.22. The van der Waals surface area contributed by atoms with Gasteiger partial charge in [0.25, 0.3) is 11.6 Å². The fourth-order valence-electron chi connectivity index (χ4n) is 1.76. The summed E-state index contributed by atoms with van der Waals surface area (Å²) in [6, 6.07) is 13.1. The Morgan fingerprint density at radius 1 is 1.24 bits per heavy atom. The van der Waals surface area contributed by atoms with Crippen molar-refractivity contribution >= 4 is 17.3 Å². The van der Waals surface area contributed by atoms with Gasteiger partial charge in [-0.2, -0.15) is 0 Å². The minimum absolute atomic E-state index is 0.0763. The van der Waals surface area contributed by atoms with Gasteiger partial charge in [-0.25, -0.2) is 0 Å². The van der Waals surface area contributed by atoms with Gasteiger partial charge in [0.05, 0.1) is 4.92 Å². The smallest absolute Gasteiger partial charge is 0.271 e. The highest BCUT2D eigenvalue weighted by molar-refractivity contribution is 5.92. The second kappa shape index (κ2) is 6.51. The quantitative estimate of drug-likeness (QED) is 0.676. The second-order valence-electron chi connectivity index (χ2n) is 4.41. The fourth-order valence-corrected chi connectivity index (χ4v) is 1.76. The molecular formula is C15H14N2O4. The lowest BCUT2D eigenvalue weighted by atomic mass is 10.2. The van der Waals surface area contributed by atoms with Crippen LogP contribution in [-0.2, 0) is 4.79 Å². The van der Waals surface area contributed by atoms with Crippen LogP contribution in [0.15, 0.2) is 48.5 Å². The monoisotopic (exact) mass is 286 g/mol. The number of para-hydroxylation sites is 1. The molecule has 1 amide bonds. The minimum atomic E-state index is -0.514. The van der Waals surface area contributed by atoms with E-state index in [9.17, 15) is 14.9 Å². The van der Waals surface area contributed by atoms with Gasteiger partial charge in [-0.3, -0.25) is 14.9 Å². The first kappa shape index (κ1) is 14.5. The summed E-state index contributed by atoms with van der Waals surface area (Å²) in [6.07, 6.45) is 0. The highest BCUT2D eigenvalue weighted by Gasteiger charge is 2.09. The molecule has 0 heterocycles. The fraction of sp³-hybridized carbons (Fsp3) is 0.133. The third kappa shape index (κ3) is 4.04. The average Bonchev–Trinajstić information content (AvgIpc) is 2.46. The lowest BCUT2D eigenvalue weighted by molar-refractivity contribution is -0.384. The normalized spacial score (nSPS) is 9.95. The molecule has 0 aliphatic heterocycles. The SMILES string of the molecule is Cc1ccccc1OCC(=O)Nc1cccc([N+](=O)[O-])c1. The number of anilines is 1. The number of nitrogens with one attached hydrogen (secondary N) is 1. The van der Waals surface area contributed by atoms with E-state index < -0.39 is 4.92 Å². The van der Waals surface area contributed by atoms with Crippen molar-refractivity contribution in [1.29, 1.82) is 0 Å². The van der Waals surface area contributed by atoms with E-state index >= 15 is 0 Å². The summed E-state index contributed by atoms with van der Waals surface area (Å²) < 4.78 is 5.40. The Bertz CT molecular complexity index is 670. The first-order chi connectivity index (χ1) is 10.1. The van der Waals surface area contributed by atoms with Crippen molar-refractivity contribution in [2.24, 2.45) is 0 Å². The Hall–Kier alpha value is -2.89. The Labute approximate surface area is 121 Å². The Kier molecular flexibility index (Phi) is 4.50. The van der Waals surface area contributed by atoms with Crippen molar-refractivity contribution in [2.45, 2.75) is 6.92 Å². The summed E-state index contributed by atoms with van der Waals surface area (Å²) in [4.78, 5) is 21.9. The van der Waals surface area contributed by atoms with Crippen molar-refractivity contribution < 1.29 is 14.5 Å². The summed E-state index contributed by atoms with van der Waals surface area (Å²) in [5, 5.41) is 13.2. The van der Waals surface area contributed by atoms with Crippen molar-refractivity contribution in [3.8, 4) is 5.75 Å². The van der Waals surface area contributed by atoms with Crippen molar-refractivity contribution in [3.63, 3.8) is 0 Å². The third-order valence-electron chi connectivity index (χ3n) is 2.79. The lowest BCUT2D eigenvalue weighted by Crippen LogP contribution is -2.20. The molecule has 21 heavy (non-hydrogen) atoms. The molecule has 0 radical (unpaired) electrons. The van der Waals surface area contributed by atoms with Crippen LogP contribution in [0.25, 0.3) is 0 Å². The highest BCUT2D eigenvalue weighted by Crippen LogP contribution is 2.18. The van der Waals surface area contributed by atoms with Crippen molar-refractivity contribution in [3.05, 3.63) is 64.2 Å². The molecule has 2 aromatic carbocycles. The van der Waals surface area contributed by atoms with Crippen LogP contribution in [-0.4, -0.2) is 17.4 Å². The number of nitro groups is 1. The van der Waals surface area contributed by atoms with Gasteiger partial charge in [-0.05, 0) is 24.6 Å². The molecule has 0 saturated heterocycles. The zero-order valence-electron chi connectivity index (χ0n) is 11.4. The predicted octanol–water partition coefficient (Wildman–Crippen LogP) is 2.92. The molecule has 0 aliphatic carbocycles. The van der Waals surface area contributed by atoms with Crippen LogP contribution >= 0.6 is 0 Å². The maximum atomic E-state index is 11.8. The molecule has 0 aromatic heterocycles. The van der Waals surface area contributed by atoms with E-state index in [2.05, 4.69) is 5.32 Å². The molecule has 108 valence electrons. The number of hydrogen-bond acceptors (Lipinski definition) is 4. The average molecular weight is 286 g/mol. The zero-order valence-corrected chi connectivity index (χ0v) is 11.4. The van der Waals surface area contributed by atoms with Gasteiger partial charge in [0.1, 0.15) is 5.75 Å². The molecule has 0 fully saturated rings. The molecule has 6 nitrogen and oxygen atoms in total. The number of hydrogen-bond donors (Lipinski definition) is 1. The number of nitrogens with zero attached hydrogens (tertiary/aromatic N) is 1. The summed E-state index contributed by atoms with van der Waals surface area (Å²) in [6.45, 7) is 1.72. The zero-order chi connectivity index (χ0) is 15.2. The Morgan fingerprint density at radius 3 is 2.71 bits per heavy atom. The van der Waals surface area contributed by atoms with Crippen LogP contribution < -0.4 is 10.1 Å². The van der Waals surface area contributed by atoms with E-state index in [4.69, 9.17) is 4.74 Å². The van der Waals surface area contributed by atoms with Gasteiger partial charge >= 0.3 is 0 Å². The number of carbonyl (C=O) groups excluding carboxylic acids is 1. The van der Waals surface area contributed by atoms with E-state index in [-0.39, 0.29) is 18.2 Å². The number of non-ortho nitro benzene ring substituents is 1. The van der Waals surface area contributed by atoms with E-state index in [0.29, 0.717) is 11.4 Å². The molecule has 1 N–H and O–H groups in total. The number of rotatable bonds is 5. The maximum Gasteiger partial charge on any atom is 0.271 e. The molecule has 0 bridgehead atoms. The number of aryl methyl sites for hydroxylation is 1. The molecule has 0 aliphatic rings. The number of carbonyl (C=O) groups is 1. The standard InChI is InChI=1S/C15H14N2O4/c1-11-5-2-3-8-14(11)21-10-15(18)16-12-6-4-7-13(9-12)17(19)20/h2-9H,10H2,1H3,(H,16,18). The van der Waals surface area contributed by atoms with Gasteiger partial charge in [0.2, 0.25) is 0 Å². The molecular weight excluding hydrogens is 272 g/mol. The lowest BCUT2D eigenvalue weighted by Gasteiger charge is -2.09. The van der Waals surface area contributed by atoms with E-state index in [1.54, 1.807) is 12.1 Å². The molecule has 6 heteroatoms. The van der Waals surface area contributed by atoms with Crippen LogP contribution in [0.3, 0.4) is 0 Å². The van der Waals surface area contributed by atoms with E-state index in [1.807, 2.05) is 25.1 Å². The molecule has 0 unspecified atom stereocenters. The van der Waals surface area contributed by atoms with Gasteiger partial charge in [0.15, 0.2) is 6.61 Å². The summed E-state index contributed by atoms with van der Waals surface area (Å²) in [7, 11) is 0. The number of ether oxygens (including phenoxy) is 1. The van der Waals surface area contributed by atoms with Crippen LogP contribution in [0, 0.1) is 17.0 Å². The molecule has 2 rings (SSSR count). The first-order valence-corrected chi connectivity index (χ1v) is 6.29. The van der Waals surface area contributed by atoms with Gasteiger partial charge in [-0.1, -0.05) is 24.3 Å². The minimum Gasteiger partial charge on any atom is -0.483 e. The number of benzene rings is 2. The van der Waals surface area contributed by atoms with E-state index in [0.717, 1.165) is 5.56 Å². The topological polar surface area (TPSA) is 81.5 Å². The summed E-state index contributed by atoms with van der Waals surface area (Å²) in [5.74, 6) is 0.255. The highest BCUT2D eigenvalue weighted by atomic mass is 16.6. The van der Waals surface area contributed by atoms with Gasteiger partial charge in [-0.15, -0.1) is 0 Å². The van der Waals surface area contributed by atoms with Crippen LogP contribution in [0.5, 0.6) is 5.75 Å². The molecule has 0 spiro atoms. The third-order valence-corrected chi connectivity index (χ3v) is 2.79. The maximum absolute atomic E-state index is 11.8. The van der Waals surface area contributed by atoms with Gasteiger partial charge in [0, 0.05) is 17.8 Å². The van der Waals surface area contributed by atoms with Crippen LogP contribution in [0.2, 0.25) is 0 Å². The molecule has 0 saturated carbocycles. The Balaban J connectivity index is 1.95. The molecule has 0 atom stereocenters. The van der Waals surface area contributed by atoms with Crippen LogP contribution in [0.4, 0.5) is 11.4 Å². The van der Waals surface area contributed by atoms with E-state index in [1.165, 1.54) is 18.2 Å². The first-order valence-electron chi connectivity index (χ1n) is 6.29. The second-order valence-corrected chi connectivity index (χ2v) is 4.41. The predicted molar refractivity (Wildman–Crippen MR) is 78.4 cm³/mol. The Morgan fingerprint density at radius 2 is 2.00 bits per heavy atom. The number of nitro benzene ring substituents is 1. The number of amides is 1. The molecule has 2 aromatic rings.